The average molecular weight is 300 g/mol. The van der Waals surface area contributed by atoms with Gasteiger partial charge >= 0.3 is 0 Å². The maximum absolute atomic E-state index is 6.16. The second-order valence-corrected chi connectivity index (χ2v) is 6.58. The Balaban J connectivity index is 1.59. The molecule has 1 saturated heterocycles. The first-order valence-corrected chi connectivity index (χ1v) is 8.03. The summed E-state index contributed by atoms with van der Waals surface area (Å²) in [5, 5.41) is 0.708. The Morgan fingerprint density at radius 3 is 2.89 bits per heavy atom. The summed E-state index contributed by atoms with van der Waals surface area (Å²) in [5.74, 6) is 0.549. The van der Waals surface area contributed by atoms with Crippen LogP contribution in [0, 0.1) is 0 Å². The van der Waals surface area contributed by atoms with Crippen LogP contribution in [0.25, 0.3) is 0 Å². The van der Waals surface area contributed by atoms with Gasteiger partial charge in [0.25, 0.3) is 0 Å². The van der Waals surface area contributed by atoms with Crippen molar-refractivity contribution in [1.29, 1.82) is 0 Å². The third-order valence-corrected chi connectivity index (χ3v) is 5.40. The summed E-state index contributed by atoms with van der Waals surface area (Å²) in [5.41, 5.74) is 6.67. The van der Waals surface area contributed by atoms with E-state index in [4.69, 9.17) is 26.8 Å². The van der Waals surface area contributed by atoms with Crippen molar-refractivity contribution in [2.24, 2.45) is 0 Å². The van der Waals surface area contributed by atoms with Gasteiger partial charge in [-0.05, 0) is 25.0 Å². The summed E-state index contributed by atoms with van der Waals surface area (Å²) < 4.78 is 11.9. The Labute approximate surface area is 122 Å². The van der Waals surface area contributed by atoms with Crippen molar-refractivity contribution in [2.45, 2.75) is 42.5 Å². The molecule has 1 atom stereocenters. The summed E-state index contributed by atoms with van der Waals surface area (Å²) >= 11 is 7.81. The largest absolute Gasteiger partial charge is 0.398 e. The molecule has 1 saturated carbocycles. The quantitative estimate of drug-likeness (QED) is 0.683. The smallest absolute Gasteiger partial charge is 0.168 e. The molecule has 104 valence electrons. The van der Waals surface area contributed by atoms with E-state index in [0.29, 0.717) is 11.6 Å². The lowest BCUT2D eigenvalue weighted by Crippen LogP contribution is -2.27. The van der Waals surface area contributed by atoms with Crippen molar-refractivity contribution < 1.29 is 9.47 Å². The molecule has 0 aromatic heterocycles. The third-order valence-electron chi connectivity index (χ3n) is 3.69. The highest BCUT2D eigenvalue weighted by molar-refractivity contribution is 7.99. The molecule has 5 heteroatoms. The monoisotopic (exact) mass is 299 g/mol. The Morgan fingerprint density at radius 2 is 2.16 bits per heavy atom. The van der Waals surface area contributed by atoms with Gasteiger partial charge < -0.3 is 15.2 Å². The molecule has 0 radical (unpaired) electrons. The fourth-order valence-corrected chi connectivity index (χ4v) is 4.03. The van der Waals surface area contributed by atoms with Crippen molar-refractivity contribution in [2.75, 3.05) is 18.1 Å². The molecular weight excluding hydrogens is 282 g/mol. The summed E-state index contributed by atoms with van der Waals surface area (Å²) in [7, 11) is 0. The number of benzene rings is 1. The minimum atomic E-state index is -0.281. The molecule has 1 unspecified atom stereocenters. The molecule has 2 N–H and O–H groups in total. The minimum Gasteiger partial charge on any atom is -0.398 e. The van der Waals surface area contributed by atoms with Crippen LogP contribution in [0.5, 0.6) is 0 Å². The highest BCUT2D eigenvalue weighted by Crippen LogP contribution is 2.41. The predicted octanol–water partition coefficient (Wildman–Crippen LogP) is 3.70. The van der Waals surface area contributed by atoms with Crippen molar-refractivity contribution in [3.05, 3.63) is 23.2 Å². The van der Waals surface area contributed by atoms with Crippen LogP contribution in [0.2, 0.25) is 5.02 Å². The first-order chi connectivity index (χ1) is 9.19. The molecule has 0 bridgehead atoms. The van der Waals surface area contributed by atoms with Crippen LogP contribution in [-0.2, 0) is 9.47 Å². The summed E-state index contributed by atoms with van der Waals surface area (Å²) in [6.45, 7) is 0.678. The molecule has 1 aromatic rings. The lowest BCUT2D eigenvalue weighted by atomic mass is 10.2. The molecule has 0 amide bonds. The summed E-state index contributed by atoms with van der Waals surface area (Å²) in [6.07, 6.45) is 4.61. The van der Waals surface area contributed by atoms with Gasteiger partial charge in [-0.3, -0.25) is 0 Å². The zero-order chi connectivity index (χ0) is 13.3. The van der Waals surface area contributed by atoms with Gasteiger partial charge in [0.15, 0.2) is 5.79 Å². The van der Waals surface area contributed by atoms with Crippen molar-refractivity contribution in [3.8, 4) is 0 Å². The van der Waals surface area contributed by atoms with Crippen LogP contribution >= 0.6 is 23.4 Å². The topological polar surface area (TPSA) is 44.5 Å². The molecule has 1 aliphatic carbocycles. The normalized spacial score (nSPS) is 25.2. The van der Waals surface area contributed by atoms with Crippen LogP contribution < -0.4 is 5.73 Å². The zero-order valence-electron chi connectivity index (χ0n) is 10.7. The van der Waals surface area contributed by atoms with Crippen molar-refractivity contribution in [3.63, 3.8) is 0 Å². The molecular formula is C14H18ClNO2S. The van der Waals surface area contributed by atoms with Crippen molar-refractivity contribution in [1.82, 2.24) is 0 Å². The number of halogens is 1. The van der Waals surface area contributed by atoms with Crippen LogP contribution in [-0.4, -0.2) is 24.3 Å². The second-order valence-electron chi connectivity index (χ2n) is 5.14. The molecule has 3 rings (SSSR count). The van der Waals surface area contributed by atoms with E-state index in [9.17, 15) is 0 Å². The van der Waals surface area contributed by atoms with Crippen LogP contribution in [0.15, 0.2) is 23.1 Å². The molecule has 19 heavy (non-hydrogen) atoms. The molecule has 1 aromatic carbocycles. The van der Waals surface area contributed by atoms with Gasteiger partial charge in [0.05, 0.1) is 17.7 Å². The van der Waals surface area contributed by atoms with E-state index in [2.05, 4.69) is 0 Å². The van der Waals surface area contributed by atoms with E-state index in [1.165, 1.54) is 12.8 Å². The van der Waals surface area contributed by atoms with Crippen LogP contribution in [0.4, 0.5) is 5.69 Å². The lowest BCUT2D eigenvalue weighted by molar-refractivity contribution is -0.159. The number of ether oxygens (including phenoxy) is 2. The lowest BCUT2D eigenvalue weighted by Gasteiger charge is -2.21. The molecule has 2 aliphatic rings. The van der Waals surface area contributed by atoms with Gasteiger partial charge in [-0.2, -0.15) is 0 Å². The molecule has 3 nitrogen and oxygen atoms in total. The van der Waals surface area contributed by atoms with Gasteiger partial charge in [-0.1, -0.05) is 17.7 Å². The Hall–Kier alpha value is -0.420. The molecule has 2 fully saturated rings. The predicted molar refractivity (Wildman–Crippen MR) is 78.6 cm³/mol. The highest BCUT2D eigenvalue weighted by Gasteiger charge is 2.43. The maximum Gasteiger partial charge on any atom is 0.168 e. The molecule has 1 heterocycles. The van der Waals surface area contributed by atoms with Gasteiger partial charge in [-0.15, -0.1) is 11.8 Å². The Morgan fingerprint density at radius 1 is 1.37 bits per heavy atom. The van der Waals surface area contributed by atoms with Crippen molar-refractivity contribution >= 4 is 29.1 Å². The van der Waals surface area contributed by atoms with E-state index < -0.39 is 0 Å². The standard InChI is InChI=1S/C14H18ClNO2S/c15-11-4-3-5-12(16)13(11)19-9-10-8-17-14(18-10)6-1-2-7-14/h3-5,10H,1-2,6-9,16H2. The van der Waals surface area contributed by atoms with Gasteiger partial charge in [-0.25, -0.2) is 0 Å². The zero-order valence-corrected chi connectivity index (χ0v) is 12.3. The number of thioether (sulfide) groups is 1. The fraction of sp³-hybridized carbons (Fsp3) is 0.571. The van der Waals surface area contributed by atoms with E-state index in [1.807, 2.05) is 18.2 Å². The van der Waals surface area contributed by atoms with Gasteiger partial charge in [0, 0.05) is 29.2 Å². The Bertz CT molecular complexity index is 443. The SMILES string of the molecule is Nc1cccc(Cl)c1SCC1COC2(CCCC2)O1. The number of hydrogen-bond donors (Lipinski definition) is 1. The Kier molecular flexibility index (Phi) is 3.94. The van der Waals surface area contributed by atoms with Crippen LogP contribution in [0.3, 0.4) is 0 Å². The van der Waals surface area contributed by atoms with Gasteiger partial charge in [0.1, 0.15) is 0 Å². The maximum atomic E-state index is 6.16. The van der Waals surface area contributed by atoms with E-state index in [-0.39, 0.29) is 11.9 Å². The van der Waals surface area contributed by atoms with E-state index in [1.54, 1.807) is 11.8 Å². The minimum absolute atomic E-state index is 0.138. The van der Waals surface area contributed by atoms with E-state index in [0.717, 1.165) is 29.2 Å². The fourth-order valence-electron chi connectivity index (χ4n) is 2.73. The number of nitrogens with two attached hydrogens (primary N) is 1. The van der Waals surface area contributed by atoms with Crippen LogP contribution in [0.1, 0.15) is 25.7 Å². The molecule has 1 aliphatic heterocycles. The number of anilines is 1. The summed E-state index contributed by atoms with van der Waals surface area (Å²) in [6, 6.07) is 5.60. The third kappa shape index (κ3) is 2.87. The second kappa shape index (κ2) is 5.52. The van der Waals surface area contributed by atoms with E-state index >= 15 is 0 Å². The average Bonchev–Trinajstić information content (AvgIpc) is 3.00. The number of nitrogen functional groups attached to an aromatic ring is 1. The number of hydrogen-bond acceptors (Lipinski definition) is 4. The highest BCUT2D eigenvalue weighted by atomic mass is 35.5. The van der Waals surface area contributed by atoms with Gasteiger partial charge in [0.2, 0.25) is 0 Å². The first-order valence-electron chi connectivity index (χ1n) is 6.67. The summed E-state index contributed by atoms with van der Waals surface area (Å²) in [4.78, 5) is 0.945. The number of rotatable bonds is 3. The first kappa shape index (κ1) is 13.6. The molecule has 1 spiro atoms.